The van der Waals surface area contributed by atoms with Crippen molar-refractivity contribution in [2.24, 2.45) is 0 Å². The molecule has 0 saturated heterocycles. The fourth-order valence-electron chi connectivity index (χ4n) is 1.44. The topological polar surface area (TPSA) is 90.5 Å². The van der Waals surface area contributed by atoms with Crippen molar-refractivity contribution in [3.63, 3.8) is 0 Å². The van der Waals surface area contributed by atoms with E-state index in [0.29, 0.717) is 6.42 Å². The lowest BCUT2D eigenvalue weighted by Crippen LogP contribution is -2.35. The Morgan fingerprint density at radius 3 is 2.71 bits per heavy atom. The van der Waals surface area contributed by atoms with Crippen LogP contribution in [0.25, 0.3) is 0 Å². The van der Waals surface area contributed by atoms with Crippen molar-refractivity contribution in [2.75, 3.05) is 19.7 Å². The van der Waals surface area contributed by atoms with Gasteiger partial charge in [0.05, 0.1) is 0 Å². The van der Waals surface area contributed by atoms with E-state index in [0.717, 1.165) is 0 Å². The van der Waals surface area contributed by atoms with Gasteiger partial charge in [-0.2, -0.15) is 4.31 Å². The standard InChI is InChI=1S/C10H16N2O4S/c1-2-12(6-3-7-13)17(15,16)10-8-11-5-4-9(10)14/h4-5,8,13H,2-3,6-7H2,1H3,(H,11,14). The van der Waals surface area contributed by atoms with Gasteiger partial charge in [0.2, 0.25) is 15.5 Å². The number of aliphatic hydroxyl groups is 1. The lowest BCUT2D eigenvalue weighted by Gasteiger charge is -2.19. The lowest BCUT2D eigenvalue weighted by atomic mass is 10.4. The first kappa shape index (κ1) is 13.9. The molecule has 0 radical (unpaired) electrons. The van der Waals surface area contributed by atoms with Gasteiger partial charge in [0.1, 0.15) is 4.90 Å². The minimum absolute atomic E-state index is 0.0861. The number of hydrogen-bond acceptors (Lipinski definition) is 4. The molecule has 7 heteroatoms. The smallest absolute Gasteiger partial charge is 0.248 e. The Morgan fingerprint density at radius 2 is 2.18 bits per heavy atom. The zero-order valence-electron chi connectivity index (χ0n) is 9.59. The van der Waals surface area contributed by atoms with Crippen LogP contribution in [0.2, 0.25) is 0 Å². The van der Waals surface area contributed by atoms with Gasteiger partial charge in [0.15, 0.2) is 0 Å². The molecule has 0 fully saturated rings. The second-order valence-corrected chi connectivity index (χ2v) is 5.35. The number of nitrogens with zero attached hydrogens (tertiary/aromatic N) is 1. The molecule has 0 atom stereocenters. The summed E-state index contributed by atoms with van der Waals surface area (Å²) >= 11 is 0. The molecular weight excluding hydrogens is 244 g/mol. The molecule has 0 saturated carbocycles. The quantitative estimate of drug-likeness (QED) is 0.739. The number of nitrogens with one attached hydrogen (secondary N) is 1. The number of aromatic amines is 1. The average molecular weight is 260 g/mol. The van der Waals surface area contributed by atoms with Crippen molar-refractivity contribution in [1.82, 2.24) is 9.29 Å². The van der Waals surface area contributed by atoms with Crippen molar-refractivity contribution in [2.45, 2.75) is 18.2 Å². The van der Waals surface area contributed by atoms with Crippen LogP contribution < -0.4 is 5.43 Å². The van der Waals surface area contributed by atoms with E-state index in [4.69, 9.17) is 5.11 Å². The summed E-state index contributed by atoms with van der Waals surface area (Å²) in [6.45, 7) is 2.06. The zero-order valence-corrected chi connectivity index (χ0v) is 10.4. The molecular formula is C10H16N2O4S. The second kappa shape index (κ2) is 5.95. The summed E-state index contributed by atoms with van der Waals surface area (Å²) < 4.78 is 25.4. The Hall–Kier alpha value is -1.18. The summed E-state index contributed by atoms with van der Waals surface area (Å²) in [6.07, 6.45) is 2.91. The number of aromatic nitrogens is 1. The Kier molecular flexibility index (Phi) is 4.86. The summed E-state index contributed by atoms with van der Waals surface area (Å²) in [6, 6.07) is 1.17. The number of aliphatic hydroxyl groups excluding tert-OH is 1. The van der Waals surface area contributed by atoms with E-state index in [-0.39, 0.29) is 24.6 Å². The van der Waals surface area contributed by atoms with E-state index in [1.165, 1.54) is 22.8 Å². The molecule has 96 valence electrons. The van der Waals surface area contributed by atoms with E-state index in [1.807, 2.05) is 0 Å². The first-order valence-electron chi connectivity index (χ1n) is 5.32. The number of rotatable bonds is 6. The van der Waals surface area contributed by atoms with Gasteiger partial charge in [-0.3, -0.25) is 4.79 Å². The molecule has 0 aromatic carbocycles. The highest BCUT2D eigenvalue weighted by molar-refractivity contribution is 7.89. The van der Waals surface area contributed by atoms with E-state index in [9.17, 15) is 13.2 Å². The molecule has 0 unspecified atom stereocenters. The normalized spacial score (nSPS) is 11.9. The fourth-order valence-corrected chi connectivity index (χ4v) is 2.96. The number of pyridine rings is 1. The summed E-state index contributed by atoms with van der Waals surface area (Å²) in [5.41, 5.74) is -0.536. The lowest BCUT2D eigenvalue weighted by molar-refractivity contribution is 0.271. The minimum Gasteiger partial charge on any atom is -0.396 e. The van der Waals surface area contributed by atoms with Gasteiger partial charge < -0.3 is 10.1 Å². The fraction of sp³-hybridized carbons (Fsp3) is 0.500. The highest BCUT2D eigenvalue weighted by Crippen LogP contribution is 2.10. The molecule has 1 aromatic heterocycles. The molecule has 0 aliphatic rings. The van der Waals surface area contributed by atoms with Gasteiger partial charge in [-0.15, -0.1) is 0 Å². The van der Waals surface area contributed by atoms with Crippen molar-refractivity contribution in [1.29, 1.82) is 0 Å². The monoisotopic (exact) mass is 260 g/mol. The van der Waals surface area contributed by atoms with Crippen LogP contribution in [0.1, 0.15) is 13.3 Å². The summed E-state index contributed by atoms with van der Waals surface area (Å²) in [7, 11) is -3.78. The van der Waals surface area contributed by atoms with Gasteiger partial charge >= 0.3 is 0 Å². The first-order chi connectivity index (χ1) is 8.04. The van der Waals surface area contributed by atoms with Gasteiger partial charge in [0, 0.05) is 38.2 Å². The second-order valence-electron chi connectivity index (χ2n) is 3.45. The molecule has 1 rings (SSSR count). The predicted octanol–water partition coefficient (Wildman–Crippen LogP) is -0.232. The molecule has 2 N–H and O–H groups in total. The Bertz CT molecular complexity index is 509. The largest absolute Gasteiger partial charge is 0.396 e. The molecule has 0 bridgehead atoms. The maximum atomic E-state index is 12.1. The van der Waals surface area contributed by atoms with E-state index in [1.54, 1.807) is 6.92 Å². The van der Waals surface area contributed by atoms with Gasteiger partial charge in [-0.25, -0.2) is 8.42 Å². The van der Waals surface area contributed by atoms with Crippen molar-refractivity contribution < 1.29 is 13.5 Å². The Labute approximate surface area is 100.0 Å². The molecule has 0 aliphatic carbocycles. The van der Waals surface area contributed by atoms with Gasteiger partial charge in [-0.05, 0) is 6.42 Å². The molecule has 0 aliphatic heterocycles. The van der Waals surface area contributed by atoms with Crippen LogP contribution in [-0.2, 0) is 10.0 Å². The summed E-state index contributed by atoms with van der Waals surface area (Å²) in [4.78, 5) is 13.8. The summed E-state index contributed by atoms with van der Waals surface area (Å²) in [5.74, 6) is 0. The number of hydrogen-bond donors (Lipinski definition) is 2. The number of H-pyrrole nitrogens is 1. The molecule has 0 amide bonds. The maximum Gasteiger partial charge on any atom is 0.248 e. The number of sulfonamides is 1. The molecule has 1 heterocycles. The van der Waals surface area contributed by atoms with Gasteiger partial charge in [0.25, 0.3) is 0 Å². The average Bonchev–Trinajstić information content (AvgIpc) is 2.30. The van der Waals surface area contributed by atoms with Crippen molar-refractivity contribution in [3.05, 3.63) is 28.7 Å². The van der Waals surface area contributed by atoms with Crippen molar-refractivity contribution in [3.8, 4) is 0 Å². The highest BCUT2D eigenvalue weighted by Gasteiger charge is 2.24. The van der Waals surface area contributed by atoms with Crippen LogP contribution in [-0.4, -0.2) is 42.5 Å². The van der Waals surface area contributed by atoms with Crippen LogP contribution in [0.4, 0.5) is 0 Å². The van der Waals surface area contributed by atoms with Crippen LogP contribution >= 0.6 is 0 Å². The van der Waals surface area contributed by atoms with E-state index in [2.05, 4.69) is 4.98 Å². The molecule has 17 heavy (non-hydrogen) atoms. The Morgan fingerprint density at radius 1 is 1.47 bits per heavy atom. The first-order valence-corrected chi connectivity index (χ1v) is 6.76. The predicted molar refractivity (Wildman–Crippen MR) is 63.2 cm³/mol. The van der Waals surface area contributed by atoms with E-state index >= 15 is 0 Å². The van der Waals surface area contributed by atoms with E-state index < -0.39 is 15.5 Å². The third kappa shape index (κ3) is 3.15. The molecule has 6 nitrogen and oxygen atoms in total. The third-order valence-corrected chi connectivity index (χ3v) is 4.32. The van der Waals surface area contributed by atoms with Crippen LogP contribution in [0.5, 0.6) is 0 Å². The van der Waals surface area contributed by atoms with Crippen LogP contribution in [0, 0.1) is 0 Å². The third-order valence-electron chi connectivity index (χ3n) is 2.32. The SMILES string of the molecule is CCN(CCCO)S(=O)(=O)c1c[nH]ccc1=O. The maximum absolute atomic E-state index is 12.1. The van der Waals surface area contributed by atoms with Crippen molar-refractivity contribution >= 4 is 10.0 Å². The van der Waals surface area contributed by atoms with Crippen LogP contribution in [0.3, 0.4) is 0 Å². The molecule has 0 spiro atoms. The zero-order chi connectivity index (χ0) is 12.9. The molecule has 1 aromatic rings. The highest BCUT2D eigenvalue weighted by atomic mass is 32.2. The Balaban J connectivity index is 3.09. The van der Waals surface area contributed by atoms with Crippen LogP contribution in [0.15, 0.2) is 28.2 Å². The minimum atomic E-state index is -3.78. The van der Waals surface area contributed by atoms with Gasteiger partial charge in [-0.1, -0.05) is 6.92 Å². The summed E-state index contributed by atoms with van der Waals surface area (Å²) in [5, 5.41) is 8.71.